The molecule has 0 atom stereocenters. The highest BCUT2D eigenvalue weighted by Crippen LogP contribution is 2.23. The first-order chi connectivity index (χ1) is 27.8. The van der Waals surface area contributed by atoms with Crippen molar-refractivity contribution < 1.29 is 39.6 Å². The second kappa shape index (κ2) is 32.7. The van der Waals surface area contributed by atoms with Crippen LogP contribution in [0.1, 0.15) is 153 Å². The number of aryl methyl sites for hydroxylation is 2. The lowest BCUT2D eigenvalue weighted by Gasteiger charge is -2.17. The van der Waals surface area contributed by atoms with Gasteiger partial charge in [-0.25, -0.2) is 0 Å². The number of hydrogen-bond acceptors (Lipinski definition) is 6. The number of unbranched alkanes of at least 4 members (excludes halogenated alkanes) is 12. The van der Waals surface area contributed by atoms with Crippen LogP contribution in [0, 0.1) is 22.7 Å². The van der Waals surface area contributed by atoms with Crippen molar-refractivity contribution in [3.8, 4) is 11.8 Å². The van der Waals surface area contributed by atoms with Crippen LogP contribution in [0.25, 0.3) is 0 Å². The van der Waals surface area contributed by atoms with E-state index in [1.54, 1.807) is 12.2 Å². The molecule has 2 aromatic carbocycles. The summed E-state index contributed by atoms with van der Waals surface area (Å²) in [7, 11) is 0. The highest BCUT2D eigenvalue weighted by Gasteiger charge is 2.41. The predicted octanol–water partition coefficient (Wildman–Crippen LogP) is 10.3. The normalized spacial score (nSPS) is 11.2. The number of benzene rings is 2. The number of hydrogen-bond donors (Lipinski definition) is 6. The fourth-order valence-corrected chi connectivity index (χ4v) is 6.00. The number of rotatable bonds is 30. The second-order valence-electron chi connectivity index (χ2n) is 15.7. The minimum atomic E-state index is -1.86. The van der Waals surface area contributed by atoms with E-state index in [0.29, 0.717) is 19.6 Å². The van der Waals surface area contributed by atoms with E-state index in [0.717, 1.165) is 24.9 Å². The Bertz CT molecular complexity index is 1540. The molecule has 0 amide bonds. The Morgan fingerprint density at radius 2 is 0.898 bits per heavy atom. The monoisotopic (exact) mass is 841 g/mol. The van der Waals surface area contributed by atoms with Crippen LogP contribution in [0.5, 0.6) is 0 Å². The third-order valence-electron chi connectivity index (χ3n) is 10.5. The van der Waals surface area contributed by atoms with Crippen LogP contribution in [-0.2, 0) is 45.1 Å². The van der Waals surface area contributed by atoms with Crippen LogP contribution in [0.3, 0.4) is 0 Å². The largest absolute Gasteiger partial charge is 0.480 e. The van der Waals surface area contributed by atoms with Gasteiger partial charge in [0.25, 0.3) is 0 Å². The van der Waals surface area contributed by atoms with E-state index in [2.05, 4.69) is 84.9 Å². The molecule has 0 radical (unpaired) electrons. The van der Waals surface area contributed by atoms with Gasteiger partial charge in [0.1, 0.15) is 0 Å². The molecule has 0 aliphatic carbocycles. The summed E-state index contributed by atoms with van der Waals surface area (Å²) < 4.78 is 0. The number of aliphatic carboxylic acids is 4. The van der Waals surface area contributed by atoms with Gasteiger partial charge in [-0.2, -0.15) is 0 Å². The minimum Gasteiger partial charge on any atom is -0.480 e. The summed E-state index contributed by atoms with van der Waals surface area (Å²) in [5, 5.41) is 42.6. The van der Waals surface area contributed by atoms with Gasteiger partial charge in [-0.1, -0.05) is 158 Å². The Hall–Kier alpha value is -4.17. The van der Waals surface area contributed by atoms with Crippen molar-refractivity contribution >= 4 is 36.3 Å². The maximum Gasteiger partial charge on any atom is 0.321 e. The zero-order valence-corrected chi connectivity index (χ0v) is 37.0. The summed E-state index contributed by atoms with van der Waals surface area (Å²) in [6.07, 6.45) is 23.9. The molecule has 330 valence electrons. The lowest BCUT2D eigenvalue weighted by atomic mass is 9.87. The smallest absolute Gasteiger partial charge is 0.321 e. The summed E-state index contributed by atoms with van der Waals surface area (Å²) >= 11 is 0. The Kier molecular flexibility index (Phi) is 30.3. The number of carboxylic acids is 4. The molecule has 0 bridgehead atoms. The number of carbonyl (C=O) groups is 4. The van der Waals surface area contributed by atoms with E-state index in [1.165, 1.54) is 120 Å². The highest BCUT2D eigenvalue weighted by molar-refractivity contribution is 5.98. The lowest BCUT2D eigenvalue weighted by molar-refractivity contribution is -0.164. The molecule has 2 rings (SSSR count). The fraction of sp³-hybridized carbons (Fsp3) is 0.583. The number of allylic oxidation sites excluding steroid dienone is 1. The zero-order valence-electron chi connectivity index (χ0n) is 36.2. The Morgan fingerprint density at radius 1 is 0.525 bits per heavy atom. The molecular weight excluding hydrogens is 768 g/mol. The molecule has 0 aliphatic rings. The van der Waals surface area contributed by atoms with Crippen molar-refractivity contribution in [1.29, 1.82) is 0 Å². The zero-order chi connectivity index (χ0) is 43.1. The molecule has 0 unspecified atom stereocenters. The molecule has 0 aliphatic heterocycles. The first-order valence-corrected chi connectivity index (χ1v) is 21.4. The summed E-state index contributed by atoms with van der Waals surface area (Å²) in [6.45, 7) is 9.22. The molecule has 0 fully saturated rings. The molecular formula is C48H73ClN2O8. The number of carboxylic acid groups (broad SMARTS) is 4. The Morgan fingerprint density at radius 3 is 1.31 bits per heavy atom. The molecule has 0 heterocycles. The van der Waals surface area contributed by atoms with E-state index in [-0.39, 0.29) is 25.2 Å². The van der Waals surface area contributed by atoms with Crippen molar-refractivity contribution in [1.82, 2.24) is 10.6 Å². The van der Waals surface area contributed by atoms with Crippen molar-refractivity contribution in [2.45, 2.75) is 156 Å². The van der Waals surface area contributed by atoms with Crippen LogP contribution >= 0.6 is 12.4 Å². The van der Waals surface area contributed by atoms with E-state index >= 15 is 0 Å². The second-order valence-corrected chi connectivity index (χ2v) is 15.7. The van der Waals surface area contributed by atoms with E-state index in [4.69, 9.17) is 20.4 Å². The van der Waals surface area contributed by atoms with Crippen molar-refractivity contribution in [2.24, 2.45) is 10.8 Å². The van der Waals surface area contributed by atoms with Crippen molar-refractivity contribution in [3.05, 3.63) is 82.9 Å². The molecule has 2 aromatic rings. The maximum atomic E-state index is 11.1. The molecule has 11 heteroatoms. The molecule has 0 saturated heterocycles. The van der Waals surface area contributed by atoms with Gasteiger partial charge in [-0.15, -0.1) is 18.3 Å². The van der Waals surface area contributed by atoms with Gasteiger partial charge in [-0.05, 0) is 68.2 Å². The fourth-order valence-electron chi connectivity index (χ4n) is 6.00. The summed E-state index contributed by atoms with van der Waals surface area (Å²) in [5.74, 6) is 0.0684. The highest BCUT2D eigenvalue weighted by atomic mass is 35.5. The predicted molar refractivity (Wildman–Crippen MR) is 240 cm³/mol. The average molecular weight is 842 g/mol. The van der Waals surface area contributed by atoms with Crippen LogP contribution < -0.4 is 10.6 Å². The standard InChI is InChI=1S/C24H37NO4.C24H35NO4.ClH/c2*1-3-4-5-6-7-8-9-12-20-13-15-21(16-14-20)19-25-18-11-10-17-24(2,22(26)27)23(28)29;/h10-11,13-16,25H,3-9,12,17-19H2,1-2H3,(H,26,27)(H,28,29);13-16,25H,3-9,12,17-19H2,1-2H3,(H,26,27)(H,28,29);1H/b11-10-;;. The third-order valence-corrected chi connectivity index (χ3v) is 10.5. The molecule has 59 heavy (non-hydrogen) atoms. The average Bonchev–Trinajstić information content (AvgIpc) is 3.20. The van der Waals surface area contributed by atoms with E-state index < -0.39 is 34.7 Å². The van der Waals surface area contributed by atoms with Crippen LogP contribution in [0.2, 0.25) is 0 Å². The van der Waals surface area contributed by atoms with Gasteiger partial charge in [0, 0.05) is 26.1 Å². The molecule has 0 saturated carbocycles. The molecule has 10 nitrogen and oxygen atoms in total. The topological polar surface area (TPSA) is 173 Å². The number of nitrogens with one attached hydrogen (secondary N) is 2. The van der Waals surface area contributed by atoms with Crippen LogP contribution in [0.4, 0.5) is 0 Å². The summed E-state index contributed by atoms with van der Waals surface area (Å²) in [4.78, 5) is 44.3. The Labute approximate surface area is 360 Å². The third kappa shape index (κ3) is 23.9. The van der Waals surface area contributed by atoms with Gasteiger partial charge < -0.3 is 31.1 Å². The lowest BCUT2D eigenvalue weighted by Crippen LogP contribution is -2.35. The maximum absolute atomic E-state index is 11.1. The number of halogens is 1. The van der Waals surface area contributed by atoms with E-state index in [9.17, 15) is 19.2 Å². The first-order valence-electron chi connectivity index (χ1n) is 21.4. The first kappa shape index (κ1) is 54.8. The van der Waals surface area contributed by atoms with E-state index in [1.807, 2.05) is 0 Å². The Balaban J connectivity index is 0.00000112. The van der Waals surface area contributed by atoms with Gasteiger partial charge in [0.05, 0.1) is 6.54 Å². The van der Waals surface area contributed by atoms with Gasteiger partial charge in [-0.3, -0.25) is 19.2 Å². The molecule has 0 spiro atoms. The van der Waals surface area contributed by atoms with Gasteiger partial charge >= 0.3 is 23.9 Å². The van der Waals surface area contributed by atoms with Gasteiger partial charge in [0.15, 0.2) is 10.8 Å². The van der Waals surface area contributed by atoms with Gasteiger partial charge in [0.2, 0.25) is 0 Å². The summed E-state index contributed by atoms with van der Waals surface area (Å²) in [5.41, 5.74) is 1.46. The SMILES string of the molecule is CCCCCCCCCc1ccc(CNC/C=C\CC(C)(C(=O)O)C(=O)O)cc1.CCCCCCCCCc1ccc(CNCC#CCC(C)(C(=O)O)C(=O)O)cc1.Cl. The van der Waals surface area contributed by atoms with Crippen LogP contribution in [-0.4, -0.2) is 57.4 Å². The van der Waals surface area contributed by atoms with Crippen LogP contribution in [0.15, 0.2) is 60.7 Å². The molecule has 6 N–H and O–H groups in total. The quantitative estimate of drug-likeness (QED) is 0.0192. The molecule has 0 aromatic heterocycles. The van der Waals surface area contributed by atoms with Crippen molar-refractivity contribution in [3.63, 3.8) is 0 Å². The minimum absolute atomic E-state index is 0. The van der Waals surface area contributed by atoms with Crippen molar-refractivity contribution in [2.75, 3.05) is 13.1 Å². The summed E-state index contributed by atoms with van der Waals surface area (Å²) in [6, 6.07) is 17.2.